The summed E-state index contributed by atoms with van der Waals surface area (Å²) in [6.45, 7) is 12.9. The molecule has 0 aromatic heterocycles. The monoisotopic (exact) mass is 402 g/mol. The third-order valence-corrected chi connectivity index (χ3v) is 5.86. The van der Waals surface area contributed by atoms with Crippen LogP contribution in [-0.2, 0) is 28.5 Å². The predicted octanol–water partition coefficient (Wildman–Crippen LogP) is 4.63. The average molecular weight is 403 g/mol. The van der Waals surface area contributed by atoms with Gasteiger partial charge in [-0.3, -0.25) is 0 Å². The van der Waals surface area contributed by atoms with Crippen LogP contribution in [0.2, 0.25) is 0 Å². The average Bonchev–Trinajstić information content (AvgIpc) is 3.11. The van der Waals surface area contributed by atoms with Gasteiger partial charge in [-0.05, 0) is 39.0 Å². The van der Waals surface area contributed by atoms with Gasteiger partial charge in [-0.2, -0.15) is 0 Å². The van der Waals surface area contributed by atoms with E-state index in [4.69, 9.17) is 23.7 Å². The highest BCUT2D eigenvalue weighted by Gasteiger charge is 2.49. The topological polar surface area (TPSA) is 63.2 Å². The first-order chi connectivity index (χ1) is 13.4. The first kappa shape index (κ1) is 25.5. The van der Waals surface area contributed by atoms with E-state index in [1.165, 1.54) is 0 Å². The molecule has 166 valence electrons. The molecular formula is C22H42O6. The van der Waals surface area contributed by atoms with Crippen LogP contribution in [-0.4, -0.2) is 56.0 Å². The van der Waals surface area contributed by atoms with Crippen molar-refractivity contribution in [1.29, 1.82) is 0 Å². The Hall–Kier alpha value is -0.530. The lowest BCUT2D eigenvalue weighted by molar-refractivity contribution is -0.253. The minimum atomic E-state index is -0.712. The molecule has 0 radical (unpaired) electrons. The maximum absolute atomic E-state index is 11.7. The van der Waals surface area contributed by atoms with E-state index in [9.17, 15) is 4.79 Å². The second-order valence-electron chi connectivity index (χ2n) is 7.67. The number of hydrogen-bond donors (Lipinski definition) is 0. The molecule has 6 heteroatoms. The highest BCUT2D eigenvalue weighted by atomic mass is 16.8. The van der Waals surface area contributed by atoms with Gasteiger partial charge in [-0.25, -0.2) is 0 Å². The maximum Gasteiger partial charge on any atom is 0.169 e. The molecule has 0 saturated carbocycles. The van der Waals surface area contributed by atoms with Gasteiger partial charge in [0.15, 0.2) is 17.9 Å². The molecule has 0 aromatic carbocycles. The Kier molecular flexibility index (Phi) is 11.1. The lowest BCUT2D eigenvalue weighted by atomic mass is 10.0. The summed E-state index contributed by atoms with van der Waals surface area (Å²) in [7, 11) is 1.68. The van der Waals surface area contributed by atoms with Gasteiger partial charge in [0.1, 0.15) is 12.2 Å². The molecule has 1 saturated heterocycles. The minimum Gasteiger partial charge on any atom is -0.375 e. The van der Waals surface area contributed by atoms with Crippen molar-refractivity contribution in [3.63, 3.8) is 0 Å². The number of unbranched alkanes of at least 4 members (excludes halogenated alkanes) is 1. The molecule has 0 spiro atoms. The van der Waals surface area contributed by atoms with Gasteiger partial charge in [0.25, 0.3) is 0 Å². The zero-order valence-electron chi connectivity index (χ0n) is 19.0. The summed E-state index contributed by atoms with van der Waals surface area (Å²) in [5.74, 6) is -1.31. The molecule has 1 rings (SSSR count). The summed E-state index contributed by atoms with van der Waals surface area (Å²) in [5, 5.41) is 0. The van der Waals surface area contributed by atoms with Gasteiger partial charge in [-0.15, -0.1) is 0 Å². The van der Waals surface area contributed by atoms with Crippen LogP contribution in [0.1, 0.15) is 86.5 Å². The molecule has 4 atom stereocenters. The second-order valence-corrected chi connectivity index (χ2v) is 7.67. The Balaban J connectivity index is 2.94. The van der Waals surface area contributed by atoms with E-state index in [2.05, 4.69) is 20.8 Å². The smallest absolute Gasteiger partial charge is 0.169 e. The molecule has 0 N–H and O–H groups in total. The Bertz CT molecular complexity index is 424. The van der Waals surface area contributed by atoms with Crippen molar-refractivity contribution in [3.8, 4) is 0 Å². The number of hydrogen-bond acceptors (Lipinski definition) is 6. The molecule has 0 bridgehead atoms. The number of methoxy groups -OCH3 is 1. The van der Waals surface area contributed by atoms with Gasteiger partial charge in [-0.1, -0.05) is 41.0 Å². The van der Waals surface area contributed by atoms with Gasteiger partial charge in [0.2, 0.25) is 0 Å². The van der Waals surface area contributed by atoms with Crippen molar-refractivity contribution in [2.45, 2.75) is 122 Å². The van der Waals surface area contributed by atoms with Crippen LogP contribution in [0.15, 0.2) is 0 Å². The molecule has 0 amide bonds. The van der Waals surface area contributed by atoms with Crippen molar-refractivity contribution in [3.05, 3.63) is 0 Å². The zero-order valence-corrected chi connectivity index (χ0v) is 19.0. The Labute approximate surface area is 171 Å². The van der Waals surface area contributed by atoms with Crippen LogP contribution in [0.4, 0.5) is 0 Å². The molecule has 1 fully saturated rings. The van der Waals surface area contributed by atoms with Crippen LogP contribution >= 0.6 is 0 Å². The van der Waals surface area contributed by atoms with E-state index >= 15 is 0 Å². The van der Waals surface area contributed by atoms with E-state index in [0.717, 1.165) is 32.0 Å². The standard InChI is InChI=1S/C22H42O6/c1-8-13-14-25-18(15-17(6)26-21(9-2,10-3)24-7)20-19(16-23)27-22(11-4,12-5)28-20/h16-20H,8-15H2,1-7H3. The lowest BCUT2D eigenvalue weighted by Gasteiger charge is -2.35. The van der Waals surface area contributed by atoms with Crippen molar-refractivity contribution < 1.29 is 28.5 Å². The van der Waals surface area contributed by atoms with Crippen molar-refractivity contribution in [2.24, 2.45) is 0 Å². The number of aldehydes is 1. The van der Waals surface area contributed by atoms with E-state index < -0.39 is 23.8 Å². The molecule has 1 heterocycles. The molecule has 28 heavy (non-hydrogen) atoms. The summed E-state index contributed by atoms with van der Waals surface area (Å²) < 4.78 is 30.4. The van der Waals surface area contributed by atoms with E-state index in [0.29, 0.717) is 25.9 Å². The number of carbonyl (C=O) groups is 1. The van der Waals surface area contributed by atoms with Crippen molar-refractivity contribution in [1.82, 2.24) is 0 Å². The summed E-state index contributed by atoms with van der Waals surface area (Å²) >= 11 is 0. The fourth-order valence-electron chi connectivity index (χ4n) is 3.81. The lowest BCUT2D eigenvalue weighted by Crippen LogP contribution is -2.43. The van der Waals surface area contributed by atoms with Crippen molar-refractivity contribution in [2.75, 3.05) is 13.7 Å². The third kappa shape index (κ3) is 6.49. The van der Waals surface area contributed by atoms with Gasteiger partial charge in [0.05, 0.1) is 12.2 Å². The number of carbonyl (C=O) groups excluding carboxylic acids is 1. The highest BCUT2D eigenvalue weighted by Crippen LogP contribution is 2.37. The second kappa shape index (κ2) is 12.2. The van der Waals surface area contributed by atoms with Crippen LogP contribution in [0, 0.1) is 0 Å². The summed E-state index contributed by atoms with van der Waals surface area (Å²) in [5.41, 5.74) is 0. The minimum absolute atomic E-state index is 0.111. The normalized spacial score (nSPS) is 24.2. The summed E-state index contributed by atoms with van der Waals surface area (Å²) in [6.07, 6.45) is 4.93. The first-order valence-electron chi connectivity index (χ1n) is 11.0. The quantitative estimate of drug-likeness (QED) is 0.226. The van der Waals surface area contributed by atoms with Crippen molar-refractivity contribution >= 4 is 6.29 Å². The van der Waals surface area contributed by atoms with Crippen LogP contribution < -0.4 is 0 Å². The molecule has 0 aliphatic carbocycles. The molecule has 0 aromatic rings. The third-order valence-electron chi connectivity index (χ3n) is 5.86. The molecule has 6 nitrogen and oxygen atoms in total. The van der Waals surface area contributed by atoms with Crippen LogP contribution in [0.5, 0.6) is 0 Å². The predicted molar refractivity (Wildman–Crippen MR) is 109 cm³/mol. The maximum atomic E-state index is 11.7. The van der Waals surface area contributed by atoms with Gasteiger partial charge >= 0.3 is 0 Å². The number of ether oxygens (including phenoxy) is 5. The summed E-state index contributed by atoms with van der Waals surface area (Å²) in [4.78, 5) is 11.7. The Morgan fingerprint density at radius 2 is 1.75 bits per heavy atom. The van der Waals surface area contributed by atoms with Crippen LogP contribution in [0.3, 0.4) is 0 Å². The highest BCUT2D eigenvalue weighted by molar-refractivity contribution is 5.58. The molecule has 1 aliphatic heterocycles. The largest absolute Gasteiger partial charge is 0.375 e. The Morgan fingerprint density at radius 1 is 1.11 bits per heavy atom. The summed E-state index contributed by atoms with van der Waals surface area (Å²) in [6, 6.07) is 0. The first-order valence-corrected chi connectivity index (χ1v) is 11.0. The number of rotatable bonds is 15. The Morgan fingerprint density at radius 3 is 2.21 bits per heavy atom. The molecule has 1 aliphatic rings. The van der Waals surface area contributed by atoms with E-state index in [1.807, 2.05) is 20.8 Å². The SMILES string of the molecule is CCCCOC(CC(C)OC(CC)(CC)OC)C1OC(CC)(CC)OC1C=O. The molecular weight excluding hydrogens is 360 g/mol. The van der Waals surface area contributed by atoms with E-state index in [1.54, 1.807) is 7.11 Å². The van der Waals surface area contributed by atoms with Gasteiger partial charge in [0, 0.05) is 20.1 Å². The fourth-order valence-corrected chi connectivity index (χ4v) is 3.81. The van der Waals surface area contributed by atoms with Gasteiger partial charge < -0.3 is 28.5 Å². The fraction of sp³-hybridized carbons (Fsp3) is 0.955. The van der Waals surface area contributed by atoms with E-state index in [-0.39, 0.29) is 12.2 Å². The zero-order chi connectivity index (χ0) is 21.2. The molecule has 4 unspecified atom stereocenters. The van der Waals surface area contributed by atoms with Crippen LogP contribution in [0.25, 0.3) is 0 Å².